The van der Waals surface area contributed by atoms with Gasteiger partial charge in [0.05, 0.1) is 10.6 Å². The first-order valence-corrected chi connectivity index (χ1v) is 4.50. The SMILES string of the molecule is CSc1c(C)nn(C)c1Cl. The zero-order valence-corrected chi connectivity index (χ0v) is 7.75. The molecule has 1 rings (SSSR count). The van der Waals surface area contributed by atoms with E-state index in [0.717, 1.165) is 15.7 Å². The third-order valence-electron chi connectivity index (χ3n) is 1.30. The summed E-state index contributed by atoms with van der Waals surface area (Å²) < 4.78 is 1.68. The van der Waals surface area contributed by atoms with Gasteiger partial charge in [0.1, 0.15) is 5.15 Å². The van der Waals surface area contributed by atoms with E-state index in [1.807, 2.05) is 20.2 Å². The molecule has 0 aromatic carbocycles. The molecule has 0 aliphatic rings. The summed E-state index contributed by atoms with van der Waals surface area (Å²) in [5.41, 5.74) is 1.00. The van der Waals surface area contributed by atoms with Crippen LogP contribution in [0.4, 0.5) is 0 Å². The van der Waals surface area contributed by atoms with Gasteiger partial charge in [-0.05, 0) is 13.2 Å². The number of nitrogens with zero attached hydrogens (tertiary/aromatic N) is 2. The molecule has 0 unspecified atom stereocenters. The Morgan fingerprint density at radius 3 is 2.40 bits per heavy atom. The number of aryl methyl sites for hydroxylation is 2. The summed E-state index contributed by atoms with van der Waals surface area (Å²) in [6.07, 6.45) is 2.00. The molecular weight excluding hydrogens is 168 g/mol. The molecule has 1 aromatic heterocycles. The van der Waals surface area contributed by atoms with Gasteiger partial charge >= 0.3 is 0 Å². The molecule has 0 saturated heterocycles. The zero-order chi connectivity index (χ0) is 7.72. The van der Waals surface area contributed by atoms with Crippen LogP contribution in [0.2, 0.25) is 5.15 Å². The van der Waals surface area contributed by atoms with Gasteiger partial charge in [-0.25, -0.2) is 0 Å². The lowest BCUT2D eigenvalue weighted by Gasteiger charge is -1.91. The smallest absolute Gasteiger partial charge is 0.140 e. The number of hydrogen-bond acceptors (Lipinski definition) is 2. The average molecular weight is 177 g/mol. The molecule has 0 amide bonds. The van der Waals surface area contributed by atoms with Gasteiger partial charge in [-0.3, -0.25) is 4.68 Å². The first kappa shape index (κ1) is 7.95. The van der Waals surface area contributed by atoms with Crippen molar-refractivity contribution in [3.63, 3.8) is 0 Å². The van der Waals surface area contributed by atoms with Crippen molar-refractivity contribution in [1.29, 1.82) is 0 Å². The molecule has 0 aliphatic carbocycles. The second-order valence-electron chi connectivity index (χ2n) is 2.03. The Labute approximate surface area is 69.6 Å². The molecule has 10 heavy (non-hydrogen) atoms. The molecule has 0 saturated carbocycles. The predicted octanol–water partition coefficient (Wildman–Crippen LogP) is 2.10. The predicted molar refractivity (Wildman–Crippen MR) is 44.7 cm³/mol. The van der Waals surface area contributed by atoms with E-state index >= 15 is 0 Å². The lowest BCUT2D eigenvalue weighted by atomic mass is 10.5. The second-order valence-corrected chi connectivity index (χ2v) is 3.21. The maximum absolute atomic E-state index is 5.89. The molecule has 0 aliphatic heterocycles. The van der Waals surface area contributed by atoms with Crippen molar-refractivity contribution in [2.75, 3.05) is 6.26 Å². The van der Waals surface area contributed by atoms with Gasteiger partial charge in [0, 0.05) is 7.05 Å². The highest BCUT2D eigenvalue weighted by Crippen LogP contribution is 2.27. The zero-order valence-electron chi connectivity index (χ0n) is 6.18. The highest BCUT2D eigenvalue weighted by atomic mass is 35.5. The largest absolute Gasteiger partial charge is 0.256 e. The third-order valence-corrected chi connectivity index (χ3v) is 2.75. The van der Waals surface area contributed by atoms with E-state index in [4.69, 9.17) is 11.6 Å². The molecule has 56 valence electrons. The van der Waals surface area contributed by atoms with E-state index in [0.29, 0.717) is 0 Å². The summed E-state index contributed by atoms with van der Waals surface area (Å²) in [4.78, 5) is 1.07. The first-order valence-electron chi connectivity index (χ1n) is 2.90. The molecular formula is C6H9ClN2S. The van der Waals surface area contributed by atoms with Crippen LogP contribution >= 0.6 is 23.4 Å². The van der Waals surface area contributed by atoms with Gasteiger partial charge in [0.15, 0.2) is 0 Å². The van der Waals surface area contributed by atoms with Crippen molar-refractivity contribution >= 4 is 23.4 Å². The molecule has 0 spiro atoms. The van der Waals surface area contributed by atoms with Crippen LogP contribution in [0.1, 0.15) is 5.69 Å². The van der Waals surface area contributed by atoms with Crippen molar-refractivity contribution in [3.05, 3.63) is 10.8 Å². The number of halogens is 1. The van der Waals surface area contributed by atoms with Gasteiger partial charge in [0.25, 0.3) is 0 Å². The highest BCUT2D eigenvalue weighted by Gasteiger charge is 2.08. The Kier molecular flexibility index (Phi) is 2.26. The van der Waals surface area contributed by atoms with E-state index in [1.165, 1.54) is 0 Å². The van der Waals surface area contributed by atoms with E-state index in [-0.39, 0.29) is 0 Å². The fourth-order valence-corrected chi connectivity index (χ4v) is 1.89. The molecule has 2 nitrogen and oxygen atoms in total. The molecule has 0 fully saturated rings. The van der Waals surface area contributed by atoms with Crippen molar-refractivity contribution in [2.45, 2.75) is 11.8 Å². The van der Waals surface area contributed by atoms with Gasteiger partial charge < -0.3 is 0 Å². The topological polar surface area (TPSA) is 17.8 Å². The van der Waals surface area contributed by atoms with Crippen molar-refractivity contribution in [1.82, 2.24) is 9.78 Å². The fourth-order valence-electron chi connectivity index (χ4n) is 0.842. The van der Waals surface area contributed by atoms with Crippen LogP contribution in [0, 0.1) is 6.92 Å². The van der Waals surface area contributed by atoms with Crippen LogP contribution in [0.25, 0.3) is 0 Å². The number of thioether (sulfide) groups is 1. The van der Waals surface area contributed by atoms with Crippen LogP contribution in [-0.2, 0) is 7.05 Å². The summed E-state index contributed by atoms with van der Waals surface area (Å²) in [5, 5.41) is 4.87. The number of aromatic nitrogens is 2. The Morgan fingerprint density at radius 1 is 1.60 bits per heavy atom. The van der Waals surface area contributed by atoms with Crippen molar-refractivity contribution < 1.29 is 0 Å². The quantitative estimate of drug-likeness (QED) is 0.610. The lowest BCUT2D eigenvalue weighted by molar-refractivity contribution is 0.757. The summed E-state index contributed by atoms with van der Waals surface area (Å²) in [6.45, 7) is 1.96. The maximum Gasteiger partial charge on any atom is 0.140 e. The van der Waals surface area contributed by atoms with E-state index < -0.39 is 0 Å². The Bertz CT molecular complexity index is 244. The molecule has 1 heterocycles. The van der Waals surface area contributed by atoms with E-state index in [9.17, 15) is 0 Å². The first-order chi connectivity index (χ1) is 4.66. The highest BCUT2D eigenvalue weighted by molar-refractivity contribution is 7.98. The molecule has 0 atom stereocenters. The minimum atomic E-state index is 0.727. The van der Waals surface area contributed by atoms with Crippen LogP contribution in [0.15, 0.2) is 4.90 Å². The summed E-state index contributed by atoms with van der Waals surface area (Å²) in [7, 11) is 1.84. The summed E-state index contributed by atoms with van der Waals surface area (Å²) in [6, 6.07) is 0. The van der Waals surface area contributed by atoms with Gasteiger partial charge in [-0.15, -0.1) is 11.8 Å². The fraction of sp³-hybridized carbons (Fsp3) is 0.500. The minimum Gasteiger partial charge on any atom is -0.256 e. The molecule has 0 bridgehead atoms. The molecule has 1 aromatic rings. The van der Waals surface area contributed by atoms with Crippen molar-refractivity contribution in [2.24, 2.45) is 7.05 Å². The minimum absolute atomic E-state index is 0.727. The Balaban J connectivity index is 3.20. The normalized spacial score (nSPS) is 10.4. The van der Waals surface area contributed by atoms with E-state index in [2.05, 4.69) is 5.10 Å². The molecule has 4 heteroatoms. The van der Waals surface area contributed by atoms with Gasteiger partial charge in [0.2, 0.25) is 0 Å². The van der Waals surface area contributed by atoms with Crippen molar-refractivity contribution in [3.8, 4) is 0 Å². The molecule has 0 radical (unpaired) electrons. The summed E-state index contributed by atoms with van der Waals surface area (Å²) >= 11 is 7.52. The standard InChI is InChI=1S/C6H9ClN2S/c1-4-5(10-3)6(7)9(2)8-4/h1-3H3. The monoisotopic (exact) mass is 176 g/mol. The summed E-state index contributed by atoms with van der Waals surface area (Å²) in [5.74, 6) is 0. The maximum atomic E-state index is 5.89. The van der Waals surface area contributed by atoms with Crippen LogP contribution in [0.3, 0.4) is 0 Å². The third kappa shape index (κ3) is 1.16. The second kappa shape index (κ2) is 2.84. The lowest BCUT2D eigenvalue weighted by Crippen LogP contribution is -1.88. The number of hydrogen-bond donors (Lipinski definition) is 0. The van der Waals surface area contributed by atoms with Crippen LogP contribution in [0.5, 0.6) is 0 Å². The Hall–Kier alpha value is -0.150. The van der Waals surface area contributed by atoms with Gasteiger partial charge in [-0.1, -0.05) is 11.6 Å². The number of rotatable bonds is 1. The van der Waals surface area contributed by atoms with Crippen LogP contribution in [-0.4, -0.2) is 16.0 Å². The molecule has 0 N–H and O–H groups in total. The Morgan fingerprint density at radius 2 is 2.20 bits per heavy atom. The van der Waals surface area contributed by atoms with E-state index in [1.54, 1.807) is 16.4 Å². The average Bonchev–Trinajstić information content (AvgIpc) is 2.09. The van der Waals surface area contributed by atoms with Crippen LogP contribution < -0.4 is 0 Å². The van der Waals surface area contributed by atoms with Gasteiger partial charge in [-0.2, -0.15) is 5.10 Å².